The normalized spacial score (nSPS) is 18.9. The summed E-state index contributed by atoms with van der Waals surface area (Å²) in [4.78, 5) is 14.7. The van der Waals surface area contributed by atoms with Crippen molar-refractivity contribution in [2.24, 2.45) is 11.8 Å². The Morgan fingerprint density at radius 1 is 1.21 bits per heavy atom. The molecule has 2 N–H and O–H groups in total. The Kier molecular flexibility index (Phi) is 9.06. The Labute approximate surface area is 157 Å². The average molecular weight is 374 g/mol. The molecule has 136 valence electrons. The van der Waals surface area contributed by atoms with E-state index < -0.39 is 0 Å². The second kappa shape index (κ2) is 10.2. The van der Waals surface area contributed by atoms with Gasteiger partial charge in [0.1, 0.15) is 0 Å². The largest absolute Gasteiger partial charge is 0.326 e. The predicted molar refractivity (Wildman–Crippen MR) is 104 cm³/mol. The van der Waals surface area contributed by atoms with E-state index in [1.54, 1.807) is 0 Å². The number of anilines is 1. The fourth-order valence-corrected chi connectivity index (χ4v) is 3.18. The molecule has 2 aliphatic rings. The number of likely N-dealkylation sites (tertiary alicyclic amines) is 1. The van der Waals surface area contributed by atoms with Crippen LogP contribution >= 0.6 is 24.8 Å². The molecule has 1 aromatic rings. The van der Waals surface area contributed by atoms with Gasteiger partial charge in [0, 0.05) is 18.2 Å². The molecule has 1 unspecified atom stereocenters. The zero-order valence-electron chi connectivity index (χ0n) is 14.3. The maximum Gasteiger partial charge on any atom is 0.227 e. The topological polar surface area (TPSA) is 44.4 Å². The van der Waals surface area contributed by atoms with E-state index in [1.165, 1.54) is 31.5 Å². The van der Waals surface area contributed by atoms with E-state index in [4.69, 9.17) is 0 Å². The second-order valence-electron chi connectivity index (χ2n) is 6.69. The third kappa shape index (κ3) is 5.62. The molecule has 0 radical (unpaired) electrons. The maximum absolute atomic E-state index is 12.2. The molecule has 2 saturated heterocycles. The number of nitrogens with zero attached hydrogens (tertiary/aromatic N) is 1. The van der Waals surface area contributed by atoms with Crippen molar-refractivity contribution in [2.75, 3.05) is 38.0 Å². The Bertz CT molecular complexity index is 499. The highest BCUT2D eigenvalue weighted by atomic mass is 35.5. The fourth-order valence-electron chi connectivity index (χ4n) is 3.18. The smallest absolute Gasteiger partial charge is 0.227 e. The van der Waals surface area contributed by atoms with E-state index in [2.05, 4.69) is 27.7 Å². The van der Waals surface area contributed by atoms with Gasteiger partial charge < -0.3 is 15.5 Å². The summed E-state index contributed by atoms with van der Waals surface area (Å²) in [6.45, 7) is 7.60. The van der Waals surface area contributed by atoms with Gasteiger partial charge in [-0.05, 0) is 69.1 Å². The molecule has 3 rings (SSSR count). The van der Waals surface area contributed by atoms with Crippen molar-refractivity contribution >= 4 is 36.4 Å². The molecule has 6 heteroatoms. The SMILES string of the molecule is CC(C(=O)Nc1ccc(CCN2CCCC2)cc1)C1CNC1.Cl.Cl. The van der Waals surface area contributed by atoms with E-state index in [1.807, 2.05) is 19.1 Å². The lowest BCUT2D eigenvalue weighted by Gasteiger charge is -2.31. The van der Waals surface area contributed by atoms with Crippen LogP contribution in [0.5, 0.6) is 0 Å². The van der Waals surface area contributed by atoms with Crippen LogP contribution in [-0.4, -0.2) is 43.5 Å². The molecule has 4 nitrogen and oxygen atoms in total. The standard InChI is InChI=1S/C18H27N3O.2ClH/c1-14(16-12-19-13-16)18(22)20-17-6-4-15(5-7-17)8-11-21-9-2-3-10-21;;/h4-7,14,16,19H,2-3,8-13H2,1H3,(H,20,22);2*1H. The fraction of sp³-hybridized carbons (Fsp3) is 0.611. The molecule has 0 spiro atoms. The molecule has 0 aliphatic carbocycles. The minimum atomic E-state index is 0. The van der Waals surface area contributed by atoms with Crippen LogP contribution in [-0.2, 0) is 11.2 Å². The molecular formula is C18H29Cl2N3O. The van der Waals surface area contributed by atoms with Gasteiger partial charge in [-0.1, -0.05) is 19.1 Å². The average Bonchev–Trinajstić information content (AvgIpc) is 2.98. The van der Waals surface area contributed by atoms with E-state index in [0.29, 0.717) is 5.92 Å². The van der Waals surface area contributed by atoms with Crippen LogP contribution in [0, 0.1) is 11.8 Å². The maximum atomic E-state index is 12.2. The Morgan fingerprint density at radius 3 is 2.38 bits per heavy atom. The molecular weight excluding hydrogens is 345 g/mol. The lowest BCUT2D eigenvalue weighted by molar-refractivity contribution is -0.121. The summed E-state index contributed by atoms with van der Waals surface area (Å²) in [7, 11) is 0. The minimum Gasteiger partial charge on any atom is -0.326 e. The number of carbonyl (C=O) groups is 1. The van der Waals surface area contributed by atoms with Gasteiger partial charge in [-0.15, -0.1) is 24.8 Å². The summed E-state index contributed by atoms with van der Waals surface area (Å²) in [5.74, 6) is 0.701. The van der Waals surface area contributed by atoms with Crippen LogP contribution < -0.4 is 10.6 Å². The summed E-state index contributed by atoms with van der Waals surface area (Å²) in [5.41, 5.74) is 2.26. The van der Waals surface area contributed by atoms with Crippen LogP contribution in [0.15, 0.2) is 24.3 Å². The lowest BCUT2D eigenvalue weighted by Crippen LogP contribution is -2.48. The molecule has 2 heterocycles. The number of halogens is 2. The molecule has 2 fully saturated rings. The van der Waals surface area contributed by atoms with Gasteiger partial charge in [0.05, 0.1) is 0 Å². The van der Waals surface area contributed by atoms with Crippen molar-refractivity contribution in [1.82, 2.24) is 10.2 Å². The highest BCUT2D eigenvalue weighted by Crippen LogP contribution is 2.19. The molecule has 0 aromatic heterocycles. The van der Waals surface area contributed by atoms with Crippen molar-refractivity contribution in [1.29, 1.82) is 0 Å². The quantitative estimate of drug-likeness (QED) is 0.805. The number of carbonyl (C=O) groups excluding carboxylic acids is 1. The van der Waals surface area contributed by atoms with Gasteiger partial charge >= 0.3 is 0 Å². The zero-order chi connectivity index (χ0) is 15.4. The van der Waals surface area contributed by atoms with Gasteiger partial charge in [-0.25, -0.2) is 0 Å². The summed E-state index contributed by atoms with van der Waals surface area (Å²) in [6.07, 6.45) is 3.79. The van der Waals surface area contributed by atoms with Crippen molar-refractivity contribution in [3.8, 4) is 0 Å². The third-order valence-corrected chi connectivity index (χ3v) is 5.07. The van der Waals surface area contributed by atoms with Crippen LogP contribution in [0.25, 0.3) is 0 Å². The molecule has 24 heavy (non-hydrogen) atoms. The number of hydrogen-bond donors (Lipinski definition) is 2. The Hall–Kier alpha value is -0.810. The molecule has 0 bridgehead atoms. The summed E-state index contributed by atoms with van der Waals surface area (Å²) < 4.78 is 0. The first-order valence-corrected chi connectivity index (χ1v) is 8.55. The van der Waals surface area contributed by atoms with Crippen molar-refractivity contribution in [3.63, 3.8) is 0 Å². The second-order valence-corrected chi connectivity index (χ2v) is 6.69. The highest BCUT2D eigenvalue weighted by molar-refractivity contribution is 5.92. The highest BCUT2D eigenvalue weighted by Gasteiger charge is 2.28. The van der Waals surface area contributed by atoms with Gasteiger partial charge in [0.2, 0.25) is 5.91 Å². The van der Waals surface area contributed by atoms with E-state index in [9.17, 15) is 4.79 Å². The van der Waals surface area contributed by atoms with Crippen molar-refractivity contribution in [2.45, 2.75) is 26.2 Å². The van der Waals surface area contributed by atoms with Crippen LogP contribution in [0.3, 0.4) is 0 Å². The van der Waals surface area contributed by atoms with Crippen LogP contribution in [0.4, 0.5) is 5.69 Å². The van der Waals surface area contributed by atoms with E-state index in [-0.39, 0.29) is 36.6 Å². The zero-order valence-corrected chi connectivity index (χ0v) is 15.9. The van der Waals surface area contributed by atoms with Crippen LogP contribution in [0.2, 0.25) is 0 Å². The van der Waals surface area contributed by atoms with E-state index >= 15 is 0 Å². The number of benzene rings is 1. The number of rotatable bonds is 6. The van der Waals surface area contributed by atoms with Gasteiger partial charge in [-0.3, -0.25) is 4.79 Å². The lowest BCUT2D eigenvalue weighted by atomic mass is 9.88. The molecule has 1 aromatic carbocycles. The number of amides is 1. The first kappa shape index (κ1) is 21.2. The number of nitrogens with one attached hydrogen (secondary N) is 2. The van der Waals surface area contributed by atoms with Gasteiger partial charge in [-0.2, -0.15) is 0 Å². The predicted octanol–water partition coefficient (Wildman–Crippen LogP) is 2.96. The minimum absolute atomic E-state index is 0. The van der Waals surface area contributed by atoms with Crippen LogP contribution in [0.1, 0.15) is 25.3 Å². The summed E-state index contributed by atoms with van der Waals surface area (Å²) in [6, 6.07) is 8.34. The van der Waals surface area contributed by atoms with Crippen molar-refractivity contribution < 1.29 is 4.79 Å². The first-order chi connectivity index (χ1) is 10.7. The molecule has 2 aliphatic heterocycles. The summed E-state index contributed by atoms with van der Waals surface area (Å²) >= 11 is 0. The third-order valence-electron chi connectivity index (χ3n) is 5.07. The molecule has 1 amide bonds. The first-order valence-electron chi connectivity index (χ1n) is 8.55. The monoisotopic (exact) mass is 373 g/mol. The van der Waals surface area contributed by atoms with E-state index in [0.717, 1.165) is 31.7 Å². The molecule has 0 saturated carbocycles. The Balaban J connectivity index is 0.00000144. The molecule has 1 atom stereocenters. The van der Waals surface area contributed by atoms with Crippen molar-refractivity contribution in [3.05, 3.63) is 29.8 Å². The number of hydrogen-bond acceptors (Lipinski definition) is 3. The summed E-state index contributed by atoms with van der Waals surface area (Å²) in [5, 5.41) is 6.26. The Morgan fingerprint density at radius 2 is 1.83 bits per heavy atom. The van der Waals surface area contributed by atoms with Gasteiger partial charge in [0.15, 0.2) is 0 Å². The van der Waals surface area contributed by atoms with Gasteiger partial charge in [0.25, 0.3) is 0 Å².